The first kappa shape index (κ1) is 15.6. The molecule has 114 valence electrons. The van der Waals surface area contributed by atoms with E-state index in [9.17, 15) is 0 Å². The molecule has 0 radical (unpaired) electrons. The minimum absolute atomic E-state index is 0.184. The van der Waals surface area contributed by atoms with Crippen molar-refractivity contribution in [2.45, 2.75) is 45.6 Å². The number of aryl methyl sites for hydroxylation is 1. The Labute approximate surface area is 127 Å². The molecule has 1 unspecified atom stereocenters. The summed E-state index contributed by atoms with van der Waals surface area (Å²) in [7, 11) is 0. The molecule has 1 aromatic carbocycles. The van der Waals surface area contributed by atoms with E-state index in [0.29, 0.717) is 6.54 Å². The van der Waals surface area contributed by atoms with Crippen LogP contribution in [-0.4, -0.2) is 6.54 Å². The van der Waals surface area contributed by atoms with Gasteiger partial charge in [-0.05, 0) is 48.6 Å². The molecule has 0 saturated carbocycles. The van der Waals surface area contributed by atoms with Gasteiger partial charge in [-0.25, -0.2) is 0 Å². The fraction of sp³-hybridized carbons (Fsp3) is 0.444. The van der Waals surface area contributed by atoms with Crippen molar-refractivity contribution >= 4 is 0 Å². The molecule has 2 N–H and O–H groups in total. The fourth-order valence-electron chi connectivity index (χ4n) is 2.20. The van der Waals surface area contributed by atoms with Crippen LogP contribution in [0.4, 0.5) is 0 Å². The zero-order valence-corrected chi connectivity index (χ0v) is 13.3. The number of hydrogen-bond acceptors (Lipinski definition) is 3. The second-order valence-corrected chi connectivity index (χ2v) is 6.05. The Morgan fingerprint density at radius 3 is 2.29 bits per heavy atom. The van der Waals surface area contributed by atoms with Gasteiger partial charge < -0.3 is 14.9 Å². The third-order valence-electron chi connectivity index (χ3n) is 4.09. The quantitative estimate of drug-likeness (QED) is 0.859. The molecule has 0 bridgehead atoms. The maximum absolute atomic E-state index is 5.95. The lowest BCUT2D eigenvalue weighted by atomic mass is 9.82. The Bertz CT molecular complexity index is 569. The molecule has 0 aliphatic carbocycles. The summed E-state index contributed by atoms with van der Waals surface area (Å²) in [5.74, 6) is 2.45. The number of furan rings is 1. The standard InChI is InChI=1S/C18H25NO2/c1-5-18(3,4)14-7-9-15(10-8-14)21-17(12-19)16-11-6-13(2)20-16/h6-11,17H,5,12,19H2,1-4H3. The summed E-state index contributed by atoms with van der Waals surface area (Å²) in [5, 5.41) is 0. The maximum Gasteiger partial charge on any atom is 0.168 e. The van der Waals surface area contributed by atoms with Gasteiger partial charge in [-0.2, -0.15) is 0 Å². The lowest BCUT2D eigenvalue weighted by molar-refractivity contribution is 0.182. The van der Waals surface area contributed by atoms with Crippen LogP contribution in [0.15, 0.2) is 40.8 Å². The zero-order valence-electron chi connectivity index (χ0n) is 13.3. The Hall–Kier alpha value is -1.74. The summed E-state index contributed by atoms with van der Waals surface area (Å²) in [5.41, 5.74) is 7.30. The lowest BCUT2D eigenvalue weighted by Crippen LogP contribution is -2.18. The van der Waals surface area contributed by atoms with Crippen LogP contribution in [0.2, 0.25) is 0 Å². The summed E-state index contributed by atoms with van der Waals surface area (Å²) in [6.07, 6.45) is 0.855. The zero-order chi connectivity index (χ0) is 15.5. The number of ether oxygens (including phenoxy) is 1. The van der Waals surface area contributed by atoms with Gasteiger partial charge >= 0.3 is 0 Å². The van der Waals surface area contributed by atoms with Crippen molar-refractivity contribution in [1.82, 2.24) is 0 Å². The van der Waals surface area contributed by atoms with Gasteiger partial charge in [0.1, 0.15) is 17.3 Å². The summed E-state index contributed by atoms with van der Waals surface area (Å²) in [4.78, 5) is 0. The summed E-state index contributed by atoms with van der Waals surface area (Å²) in [6, 6.07) is 12.1. The Morgan fingerprint density at radius 1 is 1.14 bits per heavy atom. The molecule has 0 fully saturated rings. The highest BCUT2D eigenvalue weighted by molar-refractivity contribution is 5.32. The molecular weight excluding hydrogens is 262 g/mol. The molecule has 21 heavy (non-hydrogen) atoms. The van der Waals surface area contributed by atoms with E-state index >= 15 is 0 Å². The molecule has 3 nitrogen and oxygen atoms in total. The van der Waals surface area contributed by atoms with E-state index in [4.69, 9.17) is 14.9 Å². The third kappa shape index (κ3) is 3.67. The third-order valence-corrected chi connectivity index (χ3v) is 4.09. The van der Waals surface area contributed by atoms with Crippen molar-refractivity contribution in [3.05, 3.63) is 53.5 Å². The van der Waals surface area contributed by atoms with Crippen molar-refractivity contribution in [1.29, 1.82) is 0 Å². The highest BCUT2D eigenvalue weighted by Crippen LogP contribution is 2.29. The average Bonchev–Trinajstić information content (AvgIpc) is 2.91. The van der Waals surface area contributed by atoms with Gasteiger partial charge in [-0.3, -0.25) is 0 Å². The van der Waals surface area contributed by atoms with Gasteiger partial charge in [-0.15, -0.1) is 0 Å². The van der Waals surface area contributed by atoms with Gasteiger partial charge in [-0.1, -0.05) is 32.9 Å². The number of hydrogen-bond donors (Lipinski definition) is 1. The van der Waals surface area contributed by atoms with Crippen LogP contribution >= 0.6 is 0 Å². The van der Waals surface area contributed by atoms with Crippen molar-refractivity contribution in [3.8, 4) is 5.75 Å². The van der Waals surface area contributed by atoms with Crippen molar-refractivity contribution in [2.24, 2.45) is 5.73 Å². The first-order chi connectivity index (χ1) is 9.96. The largest absolute Gasteiger partial charge is 0.481 e. The van der Waals surface area contributed by atoms with E-state index in [-0.39, 0.29) is 11.5 Å². The second-order valence-electron chi connectivity index (χ2n) is 6.05. The summed E-state index contributed by atoms with van der Waals surface area (Å²) >= 11 is 0. The Kier molecular flexibility index (Phi) is 4.73. The lowest BCUT2D eigenvalue weighted by Gasteiger charge is -2.24. The smallest absolute Gasteiger partial charge is 0.168 e. The highest BCUT2D eigenvalue weighted by Gasteiger charge is 2.19. The summed E-state index contributed by atoms with van der Waals surface area (Å²) in [6.45, 7) is 9.00. The molecule has 0 amide bonds. The molecule has 0 saturated heterocycles. The molecule has 1 aromatic heterocycles. The molecule has 0 aliphatic rings. The van der Waals surface area contributed by atoms with Crippen LogP contribution < -0.4 is 10.5 Å². The molecule has 0 aliphatic heterocycles. The van der Waals surface area contributed by atoms with Gasteiger partial charge in [0, 0.05) is 6.54 Å². The molecular formula is C18H25NO2. The maximum atomic E-state index is 5.95. The van der Waals surface area contributed by atoms with Crippen LogP contribution in [0.3, 0.4) is 0 Å². The van der Waals surface area contributed by atoms with Gasteiger partial charge in [0.05, 0.1) is 0 Å². The van der Waals surface area contributed by atoms with Crippen LogP contribution in [-0.2, 0) is 5.41 Å². The topological polar surface area (TPSA) is 48.4 Å². The number of rotatable bonds is 6. The van der Waals surface area contributed by atoms with Crippen LogP contribution in [0, 0.1) is 6.92 Å². The van der Waals surface area contributed by atoms with E-state index in [1.54, 1.807) is 0 Å². The Morgan fingerprint density at radius 2 is 1.81 bits per heavy atom. The Balaban J connectivity index is 2.12. The minimum atomic E-state index is -0.247. The van der Waals surface area contributed by atoms with Crippen LogP contribution in [0.1, 0.15) is 50.4 Å². The molecule has 1 heterocycles. The van der Waals surface area contributed by atoms with E-state index in [2.05, 4.69) is 32.9 Å². The first-order valence-electron chi connectivity index (χ1n) is 7.50. The van der Waals surface area contributed by atoms with Crippen LogP contribution in [0.25, 0.3) is 0 Å². The van der Waals surface area contributed by atoms with Gasteiger partial charge in [0.15, 0.2) is 6.10 Å². The first-order valence-corrected chi connectivity index (χ1v) is 7.50. The van der Waals surface area contributed by atoms with Crippen molar-refractivity contribution < 1.29 is 9.15 Å². The average molecular weight is 287 g/mol. The predicted molar refractivity (Wildman–Crippen MR) is 85.6 cm³/mol. The van der Waals surface area contributed by atoms with Gasteiger partial charge in [0.2, 0.25) is 0 Å². The highest BCUT2D eigenvalue weighted by atomic mass is 16.5. The predicted octanol–water partition coefficient (Wildman–Crippen LogP) is 4.35. The normalized spacial score (nSPS) is 13.2. The number of benzene rings is 1. The van der Waals surface area contributed by atoms with E-state index < -0.39 is 0 Å². The van der Waals surface area contributed by atoms with E-state index in [0.717, 1.165) is 23.7 Å². The summed E-state index contributed by atoms with van der Waals surface area (Å²) < 4.78 is 11.5. The molecule has 1 atom stereocenters. The molecule has 2 aromatic rings. The van der Waals surface area contributed by atoms with E-state index in [1.165, 1.54) is 5.56 Å². The van der Waals surface area contributed by atoms with E-state index in [1.807, 2.05) is 31.2 Å². The number of nitrogens with two attached hydrogens (primary N) is 1. The molecule has 2 rings (SSSR count). The van der Waals surface area contributed by atoms with Crippen molar-refractivity contribution in [3.63, 3.8) is 0 Å². The van der Waals surface area contributed by atoms with Crippen LogP contribution in [0.5, 0.6) is 5.75 Å². The minimum Gasteiger partial charge on any atom is -0.481 e. The second kappa shape index (κ2) is 6.35. The molecule has 3 heteroatoms. The van der Waals surface area contributed by atoms with Crippen molar-refractivity contribution in [2.75, 3.05) is 6.54 Å². The molecule has 0 spiro atoms. The SMILES string of the molecule is CCC(C)(C)c1ccc(OC(CN)c2ccc(C)o2)cc1. The fourth-order valence-corrected chi connectivity index (χ4v) is 2.20. The monoisotopic (exact) mass is 287 g/mol. The van der Waals surface area contributed by atoms with Gasteiger partial charge in [0.25, 0.3) is 0 Å².